The van der Waals surface area contributed by atoms with Gasteiger partial charge in [-0.15, -0.1) is 11.3 Å². The van der Waals surface area contributed by atoms with Gasteiger partial charge in [-0.2, -0.15) is 5.10 Å². The number of nitrogens with zero attached hydrogens (tertiary/aromatic N) is 4. The average molecular weight is 343 g/mol. The van der Waals surface area contributed by atoms with Crippen LogP contribution in [-0.4, -0.2) is 19.7 Å². The zero-order valence-corrected chi connectivity index (χ0v) is 14.4. The highest BCUT2D eigenvalue weighted by Crippen LogP contribution is 2.25. The summed E-state index contributed by atoms with van der Waals surface area (Å²) >= 11 is 1.49. The van der Waals surface area contributed by atoms with Gasteiger partial charge in [0.05, 0.1) is 17.2 Å². The second kappa shape index (κ2) is 6.40. The van der Waals surface area contributed by atoms with E-state index < -0.39 is 0 Å². The molecular weight excluding hydrogens is 326 g/mol. The minimum Gasteiger partial charge on any atom is -0.332 e. The van der Waals surface area contributed by atoms with E-state index in [4.69, 9.17) is 0 Å². The fourth-order valence-electron chi connectivity index (χ4n) is 2.46. The fourth-order valence-corrected chi connectivity index (χ4v) is 3.18. The molecule has 1 N–H and O–H groups in total. The van der Waals surface area contributed by atoms with Crippen LogP contribution in [-0.2, 0) is 6.54 Å². The minimum atomic E-state index is -0.389. The topological polar surface area (TPSA) is 85.9 Å². The lowest BCUT2D eigenvalue weighted by molar-refractivity contribution is -0.386. The Labute approximate surface area is 143 Å². The lowest BCUT2D eigenvalue weighted by atomic mass is 10.2. The number of rotatable bonds is 5. The molecule has 7 nitrogen and oxygen atoms in total. The van der Waals surface area contributed by atoms with Crippen molar-refractivity contribution in [1.29, 1.82) is 0 Å². The van der Waals surface area contributed by atoms with Crippen LogP contribution in [0, 0.1) is 30.9 Å². The number of hydrogen-bond donors (Lipinski definition) is 1. The molecule has 8 heteroatoms. The number of hydrogen-bond acceptors (Lipinski definition) is 6. The van der Waals surface area contributed by atoms with Crippen LogP contribution < -0.4 is 5.32 Å². The maximum atomic E-state index is 11.1. The number of aryl methyl sites for hydroxylation is 2. The number of aromatic nitrogens is 3. The number of anilines is 2. The van der Waals surface area contributed by atoms with Crippen molar-refractivity contribution in [3.05, 3.63) is 62.4 Å². The van der Waals surface area contributed by atoms with E-state index in [1.807, 2.05) is 36.6 Å². The Morgan fingerprint density at radius 3 is 2.58 bits per heavy atom. The average Bonchev–Trinajstić information content (AvgIpc) is 3.06. The van der Waals surface area contributed by atoms with Crippen LogP contribution in [0.1, 0.15) is 22.6 Å². The summed E-state index contributed by atoms with van der Waals surface area (Å²) in [7, 11) is 0. The van der Waals surface area contributed by atoms with Crippen molar-refractivity contribution in [1.82, 2.24) is 14.8 Å². The van der Waals surface area contributed by atoms with Crippen molar-refractivity contribution in [3.63, 3.8) is 0 Å². The van der Waals surface area contributed by atoms with Crippen molar-refractivity contribution >= 4 is 27.8 Å². The van der Waals surface area contributed by atoms with Gasteiger partial charge in [-0.3, -0.25) is 14.8 Å². The predicted octanol–water partition coefficient (Wildman–Crippen LogP) is 3.96. The van der Waals surface area contributed by atoms with Gasteiger partial charge in [0.2, 0.25) is 0 Å². The van der Waals surface area contributed by atoms with Gasteiger partial charge >= 0.3 is 5.69 Å². The molecule has 0 spiro atoms. The molecule has 0 unspecified atom stereocenters. The molecule has 2 heterocycles. The molecular formula is C16H17N5O2S. The second-order valence-electron chi connectivity index (χ2n) is 5.57. The van der Waals surface area contributed by atoms with Crippen LogP contribution >= 0.6 is 11.3 Å². The Hall–Kier alpha value is -2.74. The van der Waals surface area contributed by atoms with E-state index in [9.17, 15) is 10.1 Å². The van der Waals surface area contributed by atoms with Crippen LogP contribution in [0.5, 0.6) is 0 Å². The number of benzene rings is 1. The summed E-state index contributed by atoms with van der Waals surface area (Å²) in [5.41, 5.74) is 4.03. The molecule has 0 fully saturated rings. The van der Waals surface area contributed by atoms with E-state index in [1.54, 1.807) is 18.5 Å². The molecule has 0 aliphatic rings. The molecule has 0 aliphatic heterocycles. The summed E-state index contributed by atoms with van der Waals surface area (Å²) < 4.78 is 1.62. The smallest absolute Gasteiger partial charge is 0.312 e. The zero-order valence-electron chi connectivity index (χ0n) is 13.6. The molecule has 124 valence electrons. The highest BCUT2D eigenvalue weighted by molar-refractivity contribution is 7.13. The third kappa shape index (κ3) is 3.28. The molecule has 0 amide bonds. The first-order chi connectivity index (χ1) is 11.4. The maximum absolute atomic E-state index is 11.1. The predicted molar refractivity (Wildman–Crippen MR) is 94.0 cm³/mol. The summed E-state index contributed by atoms with van der Waals surface area (Å²) in [4.78, 5) is 15.2. The SMILES string of the molecule is Cc1ccc(Nc2nc(Cn3nc(C)c([N+](=O)[O-])c3C)cs2)cc1. The van der Waals surface area contributed by atoms with Crippen LogP contribution in [0.25, 0.3) is 0 Å². The molecule has 1 aromatic carbocycles. The largest absolute Gasteiger partial charge is 0.332 e. The highest BCUT2D eigenvalue weighted by atomic mass is 32.1. The van der Waals surface area contributed by atoms with Crippen LogP contribution in [0.15, 0.2) is 29.6 Å². The van der Waals surface area contributed by atoms with Crippen LogP contribution in [0.3, 0.4) is 0 Å². The summed E-state index contributed by atoms with van der Waals surface area (Å²) in [6.45, 7) is 5.80. The van der Waals surface area contributed by atoms with E-state index in [-0.39, 0.29) is 10.6 Å². The monoisotopic (exact) mass is 343 g/mol. The first-order valence-corrected chi connectivity index (χ1v) is 8.28. The van der Waals surface area contributed by atoms with Crippen molar-refractivity contribution in [2.75, 3.05) is 5.32 Å². The van der Waals surface area contributed by atoms with Crippen molar-refractivity contribution in [3.8, 4) is 0 Å². The summed E-state index contributed by atoms with van der Waals surface area (Å²) in [6, 6.07) is 8.07. The van der Waals surface area contributed by atoms with E-state index in [0.717, 1.165) is 16.5 Å². The molecule has 0 saturated carbocycles. The number of nitrogens with one attached hydrogen (secondary N) is 1. The zero-order chi connectivity index (χ0) is 17.3. The molecule has 2 aromatic heterocycles. The lowest BCUT2D eigenvalue weighted by Gasteiger charge is -2.03. The Morgan fingerprint density at radius 1 is 1.25 bits per heavy atom. The van der Waals surface area contributed by atoms with Gasteiger partial charge in [0.25, 0.3) is 0 Å². The van der Waals surface area contributed by atoms with E-state index >= 15 is 0 Å². The molecule has 0 atom stereocenters. The standard InChI is InChI=1S/C16H17N5O2S/c1-10-4-6-13(7-5-10)17-16-18-14(9-24-16)8-20-12(3)15(21(22)23)11(2)19-20/h4-7,9H,8H2,1-3H3,(H,17,18). The van der Waals surface area contributed by atoms with Gasteiger partial charge in [0.15, 0.2) is 5.13 Å². The lowest BCUT2D eigenvalue weighted by Crippen LogP contribution is -2.05. The normalized spacial score (nSPS) is 10.8. The summed E-state index contributed by atoms with van der Waals surface area (Å²) in [6.07, 6.45) is 0. The van der Waals surface area contributed by atoms with Gasteiger partial charge in [-0.1, -0.05) is 17.7 Å². The Kier molecular flexibility index (Phi) is 4.30. The van der Waals surface area contributed by atoms with Gasteiger partial charge in [0.1, 0.15) is 11.4 Å². The fraction of sp³-hybridized carbons (Fsp3) is 0.250. The van der Waals surface area contributed by atoms with Gasteiger partial charge in [-0.25, -0.2) is 4.98 Å². The van der Waals surface area contributed by atoms with Gasteiger partial charge < -0.3 is 5.32 Å². The third-order valence-corrected chi connectivity index (χ3v) is 4.50. The number of thiazole rings is 1. The Balaban J connectivity index is 1.76. The first-order valence-electron chi connectivity index (χ1n) is 7.40. The summed E-state index contributed by atoms with van der Waals surface area (Å²) in [5, 5.41) is 21.3. The van der Waals surface area contributed by atoms with Crippen LogP contribution in [0.2, 0.25) is 0 Å². The first kappa shape index (κ1) is 16.1. The van der Waals surface area contributed by atoms with E-state index in [1.165, 1.54) is 16.9 Å². The van der Waals surface area contributed by atoms with Gasteiger partial charge in [-0.05, 0) is 32.9 Å². The van der Waals surface area contributed by atoms with Crippen LogP contribution in [0.4, 0.5) is 16.5 Å². The Bertz CT molecular complexity index is 883. The minimum absolute atomic E-state index is 0.0724. The molecule has 24 heavy (non-hydrogen) atoms. The summed E-state index contributed by atoms with van der Waals surface area (Å²) in [5.74, 6) is 0. The third-order valence-electron chi connectivity index (χ3n) is 3.69. The quantitative estimate of drug-likeness (QED) is 0.560. The van der Waals surface area contributed by atoms with E-state index in [2.05, 4.69) is 15.4 Å². The molecule has 3 aromatic rings. The van der Waals surface area contributed by atoms with Gasteiger partial charge in [0, 0.05) is 11.1 Å². The number of nitro groups is 1. The van der Waals surface area contributed by atoms with Crippen molar-refractivity contribution < 1.29 is 4.92 Å². The van der Waals surface area contributed by atoms with Crippen molar-refractivity contribution in [2.24, 2.45) is 0 Å². The molecule has 0 saturated heterocycles. The molecule has 0 bridgehead atoms. The molecule has 0 aliphatic carbocycles. The van der Waals surface area contributed by atoms with E-state index in [0.29, 0.717) is 17.9 Å². The maximum Gasteiger partial charge on any atom is 0.312 e. The molecule has 0 radical (unpaired) electrons. The second-order valence-corrected chi connectivity index (χ2v) is 6.43. The highest BCUT2D eigenvalue weighted by Gasteiger charge is 2.22. The molecule has 3 rings (SSSR count). The van der Waals surface area contributed by atoms with Crippen molar-refractivity contribution in [2.45, 2.75) is 27.3 Å². The Morgan fingerprint density at radius 2 is 1.96 bits per heavy atom.